The minimum absolute atomic E-state index is 0.260. The van der Waals surface area contributed by atoms with Gasteiger partial charge < -0.3 is 0 Å². The average Bonchev–Trinajstić information content (AvgIpc) is 1.88. The Labute approximate surface area is 67.4 Å². The van der Waals surface area contributed by atoms with Crippen molar-refractivity contribution in [1.29, 1.82) is 0 Å². The second kappa shape index (κ2) is 3.17. The van der Waals surface area contributed by atoms with Crippen LogP contribution in [0.1, 0.15) is 5.56 Å². The summed E-state index contributed by atoms with van der Waals surface area (Å²) in [6.45, 7) is 0. The van der Waals surface area contributed by atoms with E-state index in [1.807, 2.05) is 0 Å². The third-order valence-corrected chi connectivity index (χ3v) is 2.51. The molecule has 0 aliphatic heterocycles. The predicted octanol–water partition coefficient (Wildman–Crippen LogP) is 1.34. The third-order valence-electron chi connectivity index (χ3n) is 1.40. The summed E-state index contributed by atoms with van der Waals surface area (Å²) in [5.41, 5.74) is 1.05. The summed E-state index contributed by atoms with van der Waals surface area (Å²) in [5.74, 6) is -0.260. The Morgan fingerprint density at radius 3 is 2.70 bits per heavy atom. The first-order valence-electron chi connectivity index (χ1n) is 3.18. The first kappa shape index (κ1) is 7.76. The second-order valence-electron chi connectivity index (χ2n) is 2.09. The maximum atomic E-state index is 12.4. The van der Waals surface area contributed by atoms with Gasteiger partial charge in [0.05, 0.1) is 0 Å². The largest absolute Gasteiger partial charge is 0.207 e. The first-order chi connectivity index (χ1) is 4.74. The third kappa shape index (κ3) is 1.58. The summed E-state index contributed by atoms with van der Waals surface area (Å²) >= 11 is 5.71. The average molecular weight is 175 g/mol. The summed E-state index contributed by atoms with van der Waals surface area (Å²) in [4.78, 5) is 0. The Balaban J connectivity index is 3.07. The molecule has 0 fully saturated rings. The molecule has 1 aromatic rings. The van der Waals surface area contributed by atoms with Crippen molar-refractivity contribution in [2.45, 2.75) is 6.04 Å². The molecule has 0 N–H and O–H groups in total. The van der Waals surface area contributed by atoms with Crippen LogP contribution in [-0.4, -0.2) is 10.2 Å². The van der Waals surface area contributed by atoms with Gasteiger partial charge in [0.25, 0.3) is 0 Å². The molecule has 0 saturated heterocycles. The lowest BCUT2D eigenvalue weighted by atomic mass is 10.2. The van der Waals surface area contributed by atoms with E-state index in [-0.39, 0.29) is 5.82 Å². The van der Waals surface area contributed by atoms with E-state index in [0.29, 0.717) is 5.02 Å². The molecule has 1 aromatic carbocycles. The van der Waals surface area contributed by atoms with Gasteiger partial charge >= 0.3 is 0 Å². The first-order valence-corrected chi connectivity index (χ1v) is 4.97. The Morgan fingerprint density at radius 2 is 2.20 bits per heavy atom. The van der Waals surface area contributed by atoms with E-state index in [1.165, 1.54) is 12.1 Å². The fourth-order valence-electron chi connectivity index (χ4n) is 0.808. The Morgan fingerprint density at radius 1 is 1.50 bits per heavy atom. The molecule has 10 heavy (non-hydrogen) atoms. The van der Waals surface area contributed by atoms with Crippen LogP contribution in [0.5, 0.6) is 0 Å². The van der Waals surface area contributed by atoms with Crippen molar-refractivity contribution in [2.24, 2.45) is 0 Å². The molecule has 0 aliphatic carbocycles. The molecule has 54 valence electrons. The molecule has 0 bridgehead atoms. The van der Waals surface area contributed by atoms with Crippen molar-refractivity contribution in [3.63, 3.8) is 0 Å². The smallest absolute Gasteiger partial charge is 0.124 e. The zero-order valence-corrected chi connectivity index (χ0v) is 8.45. The normalized spacial score (nSPS) is 10.2. The van der Waals surface area contributed by atoms with Gasteiger partial charge in [-0.15, -0.1) is 0 Å². The molecule has 0 unspecified atom stereocenters. The number of benzene rings is 1. The zero-order chi connectivity index (χ0) is 7.56. The van der Waals surface area contributed by atoms with E-state index in [4.69, 9.17) is 11.6 Å². The Kier molecular flexibility index (Phi) is 2.46. The van der Waals surface area contributed by atoms with Crippen molar-refractivity contribution in [1.82, 2.24) is 0 Å². The fourth-order valence-corrected chi connectivity index (χ4v) is 1.95. The van der Waals surface area contributed by atoms with Crippen LogP contribution in [0.4, 0.5) is 4.39 Å². The van der Waals surface area contributed by atoms with E-state index >= 15 is 0 Å². The van der Waals surface area contributed by atoms with Crippen LogP contribution in [0.3, 0.4) is 0 Å². The SMILES string of the molecule is Fc1ccc(C[SiH3])c(Cl)c1. The molecule has 0 heterocycles. The Hall–Kier alpha value is -0.343. The molecule has 0 atom stereocenters. The number of rotatable bonds is 1. The van der Waals surface area contributed by atoms with Crippen LogP contribution < -0.4 is 0 Å². The molecule has 3 heteroatoms. The van der Waals surface area contributed by atoms with Crippen molar-refractivity contribution in [3.8, 4) is 0 Å². The van der Waals surface area contributed by atoms with Crippen molar-refractivity contribution in [3.05, 3.63) is 34.6 Å². The van der Waals surface area contributed by atoms with Crippen LogP contribution in [0.15, 0.2) is 18.2 Å². The molecule has 0 spiro atoms. The van der Waals surface area contributed by atoms with E-state index in [0.717, 1.165) is 21.9 Å². The van der Waals surface area contributed by atoms with E-state index < -0.39 is 0 Å². The minimum Gasteiger partial charge on any atom is -0.207 e. The summed E-state index contributed by atoms with van der Waals surface area (Å²) in [6, 6.07) is 5.53. The van der Waals surface area contributed by atoms with Crippen molar-refractivity contribution in [2.75, 3.05) is 0 Å². The van der Waals surface area contributed by atoms with Crippen molar-refractivity contribution >= 4 is 21.8 Å². The lowest BCUT2D eigenvalue weighted by molar-refractivity contribution is 0.627. The molecular weight excluding hydrogens is 167 g/mol. The van der Waals surface area contributed by atoms with Gasteiger partial charge in [0.1, 0.15) is 5.82 Å². The number of hydrogen-bond acceptors (Lipinski definition) is 0. The summed E-state index contributed by atoms with van der Waals surface area (Å²) in [5, 5.41) is 0.551. The highest BCUT2D eigenvalue weighted by atomic mass is 35.5. The van der Waals surface area contributed by atoms with Gasteiger partial charge in [0, 0.05) is 15.3 Å². The molecule has 1 rings (SSSR count). The predicted molar refractivity (Wildman–Crippen MR) is 45.1 cm³/mol. The lowest BCUT2D eigenvalue weighted by Crippen LogP contribution is -1.85. The molecular formula is C7H8ClFSi. The molecule has 0 aliphatic rings. The minimum atomic E-state index is -0.260. The van der Waals surface area contributed by atoms with Gasteiger partial charge in [-0.2, -0.15) is 0 Å². The highest BCUT2D eigenvalue weighted by Gasteiger charge is 1.97. The second-order valence-corrected chi connectivity index (χ2v) is 3.20. The van der Waals surface area contributed by atoms with Crippen LogP contribution in [-0.2, 0) is 6.04 Å². The van der Waals surface area contributed by atoms with Crippen LogP contribution in [0, 0.1) is 5.82 Å². The molecule has 0 nitrogen and oxygen atoms in total. The summed E-state index contributed by atoms with van der Waals surface area (Å²) in [7, 11) is 1.07. The molecule has 0 amide bonds. The van der Waals surface area contributed by atoms with Crippen LogP contribution in [0.2, 0.25) is 5.02 Å². The molecule has 0 aromatic heterocycles. The van der Waals surface area contributed by atoms with E-state index in [9.17, 15) is 4.39 Å². The van der Waals surface area contributed by atoms with Gasteiger partial charge in [-0.1, -0.05) is 17.7 Å². The van der Waals surface area contributed by atoms with E-state index in [1.54, 1.807) is 6.07 Å². The monoisotopic (exact) mass is 174 g/mol. The van der Waals surface area contributed by atoms with E-state index in [2.05, 4.69) is 0 Å². The Bertz CT molecular complexity index is 237. The molecule has 0 saturated carbocycles. The van der Waals surface area contributed by atoms with Crippen LogP contribution >= 0.6 is 11.6 Å². The topological polar surface area (TPSA) is 0 Å². The van der Waals surface area contributed by atoms with Crippen molar-refractivity contribution < 1.29 is 4.39 Å². The highest BCUT2D eigenvalue weighted by molar-refractivity contribution is 6.31. The van der Waals surface area contributed by atoms with Gasteiger partial charge in [0.15, 0.2) is 0 Å². The van der Waals surface area contributed by atoms with Gasteiger partial charge in [-0.05, 0) is 23.7 Å². The number of halogens is 2. The fraction of sp³-hybridized carbons (Fsp3) is 0.143. The zero-order valence-electron chi connectivity index (χ0n) is 5.70. The van der Waals surface area contributed by atoms with Gasteiger partial charge in [0.2, 0.25) is 0 Å². The summed E-state index contributed by atoms with van der Waals surface area (Å²) in [6.07, 6.45) is 0. The summed E-state index contributed by atoms with van der Waals surface area (Å²) < 4.78 is 12.4. The maximum Gasteiger partial charge on any atom is 0.124 e. The lowest BCUT2D eigenvalue weighted by Gasteiger charge is -1.98. The van der Waals surface area contributed by atoms with Crippen LogP contribution in [0.25, 0.3) is 0 Å². The quantitative estimate of drug-likeness (QED) is 0.564. The molecule has 0 radical (unpaired) electrons. The van der Waals surface area contributed by atoms with Gasteiger partial charge in [-0.25, -0.2) is 4.39 Å². The standard InChI is InChI=1S/C7H8ClFSi/c8-7-3-6(9)2-1-5(7)4-10/h1-3H,4H2,10H3. The number of hydrogen-bond donors (Lipinski definition) is 0. The van der Waals surface area contributed by atoms with Gasteiger partial charge in [-0.3, -0.25) is 0 Å². The highest BCUT2D eigenvalue weighted by Crippen LogP contribution is 2.16. The maximum absolute atomic E-state index is 12.4.